The number of allylic oxidation sites excluding steroid dienone is 3. The maximum Gasteiger partial charge on any atom is 0.416 e. The van der Waals surface area contributed by atoms with Gasteiger partial charge in [-0.15, -0.1) is 20.2 Å². The summed E-state index contributed by atoms with van der Waals surface area (Å²) in [6, 6.07) is 4.84. The van der Waals surface area contributed by atoms with Crippen molar-refractivity contribution >= 4 is 5.97 Å². The van der Waals surface area contributed by atoms with Crippen LogP contribution in [0.25, 0.3) is 0 Å². The van der Waals surface area contributed by atoms with Gasteiger partial charge in [-0.25, -0.2) is 0 Å². The van der Waals surface area contributed by atoms with Gasteiger partial charge < -0.3 is 23.9 Å². The van der Waals surface area contributed by atoms with Crippen molar-refractivity contribution in [3.05, 3.63) is 74.4 Å². The minimum Gasteiger partial charge on any atom is -0.493 e. The molecular weight excluding hydrogens is 581 g/mol. The van der Waals surface area contributed by atoms with E-state index in [9.17, 15) is 38.2 Å². The van der Waals surface area contributed by atoms with E-state index in [0.29, 0.717) is 31.1 Å². The zero-order valence-electron chi connectivity index (χ0n) is 23.7. The standard InChI is InChI=1S/C28H37F3N2O10/c29-28(30,31)24-13-8-14-25(19-24)39-16-6-5-10-23-12-7-11-22(23)9-3-1-2-4-15-27(34)41-20-26(21-43-33(37)38)40-17-18-42-32(35)36/h1,3,5,8,10,13-14,19,22-23,26H,2,4,6-7,9,11-12,15-18,20-21H2/b3-1-,10-5+. The Morgan fingerprint density at radius 3 is 2.53 bits per heavy atom. The molecule has 2 rings (SSSR count). The quantitative estimate of drug-likeness (QED) is 0.0535. The first-order valence-electron chi connectivity index (χ1n) is 14.0. The summed E-state index contributed by atoms with van der Waals surface area (Å²) in [5.74, 6) is 0.603. The van der Waals surface area contributed by atoms with Crippen LogP contribution in [0.1, 0.15) is 56.9 Å². The van der Waals surface area contributed by atoms with E-state index in [1.54, 1.807) is 0 Å². The molecule has 0 heterocycles. The monoisotopic (exact) mass is 618 g/mol. The molecule has 12 nitrogen and oxygen atoms in total. The normalized spacial score (nSPS) is 17.7. The van der Waals surface area contributed by atoms with Gasteiger partial charge in [-0.05, 0) is 68.6 Å². The van der Waals surface area contributed by atoms with Crippen molar-refractivity contribution in [3.63, 3.8) is 0 Å². The minimum absolute atomic E-state index is 0.134. The van der Waals surface area contributed by atoms with Gasteiger partial charge in [-0.3, -0.25) is 4.79 Å². The Balaban J connectivity index is 1.61. The highest BCUT2D eigenvalue weighted by atomic mass is 19.4. The lowest BCUT2D eigenvalue weighted by atomic mass is 9.92. The molecule has 0 spiro atoms. The number of benzene rings is 1. The highest BCUT2D eigenvalue weighted by Crippen LogP contribution is 2.35. The summed E-state index contributed by atoms with van der Waals surface area (Å²) in [5.41, 5.74) is -0.735. The maximum atomic E-state index is 12.8. The van der Waals surface area contributed by atoms with Crippen LogP contribution in [0.5, 0.6) is 5.75 Å². The van der Waals surface area contributed by atoms with Gasteiger partial charge in [0.15, 0.2) is 0 Å². The molecule has 1 aliphatic rings. The number of carbonyl (C=O) groups is 1. The molecule has 0 N–H and O–H groups in total. The molecule has 0 amide bonds. The molecule has 1 aromatic rings. The SMILES string of the molecule is O=C(CCC/C=C\CC1CCCC1/C=C/CCOc1cccc(C(F)(F)F)c1)OCC(CO[N+](=O)[O-])OCCO[N+](=O)[O-]. The molecule has 0 radical (unpaired) electrons. The number of carbonyl (C=O) groups excluding carboxylic acids is 1. The minimum atomic E-state index is -4.40. The number of hydrogen-bond donors (Lipinski definition) is 0. The molecule has 15 heteroatoms. The lowest BCUT2D eigenvalue weighted by Gasteiger charge is -2.16. The van der Waals surface area contributed by atoms with E-state index in [-0.39, 0.29) is 38.6 Å². The van der Waals surface area contributed by atoms with Gasteiger partial charge in [0.2, 0.25) is 0 Å². The van der Waals surface area contributed by atoms with Crippen LogP contribution in [0, 0.1) is 32.1 Å². The topological polar surface area (TPSA) is 150 Å². The fourth-order valence-corrected chi connectivity index (χ4v) is 4.52. The maximum absolute atomic E-state index is 12.8. The smallest absolute Gasteiger partial charge is 0.416 e. The van der Waals surface area contributed by atoms with Crippen LogP contribution in [0.15, 0.2) is 48.6 Å². The van der Waals surface area contributed by atoms with E-state index in [4.69, 9.17) is 14.2 Å². The van der Waals surface area contributed by atoms with Gasteiger partial charge in [-0.1, -0.05) is 36.8 Å². The van der Waals surface area contributed by atoms with Crippen LogP contribution in [0.2, 0.25) is 0 Å². The third kappa shape index (κ3) is 15.8. The summed E-state index contributed by atoms with van der Waals surface area (Å²) < 4.78 is 54.2. The summed E-state index contributed by atoms with van der Waals surface area (Å²) in [7, 11) is 0. The Morgan fingerprint density at radius 2 is 1.79 bits per heavy atom. The first-order valence-corrected chi connectivity index (χ1v) is 14.0. The highest BCUT2D eigenvalue weighted by Gasteiger charge is 2.30. The molecule has 0 bridgehead atoms. The van der Waals surface area contributed by atoms with E-state index in [1.165, 1.54) is 12.1 Å². The molecule has 1 saturated carbocycles. The van der Waals surface area contributed by atoms with E-state index in [0.717, 1.165) is 37.8 Å². The van der Waals surface area contributed by atoms with Crippen LogP contribution in [0.4, 0.5) is 13.2 Å². The number of ether oxygens (including phenoxy) is 3. The third-order valence-corrected chi connectivity index (χ3v) is 6.60. The van der Waals surface area contributed by atoms with E-state index in [2.05, 4.69) is 21.8 Å². The van der Waals surface area contributed by atoms with Crippen molar-refractivity contribution in [1.29, 1.82) is 0 Å². The van der Waals surface area contributed by atoms with Gasteiger partial charge in [0, 0.05) is 6.42 Å². The number of unbranched alkanes of at least 4 members (excludes halogenated alkanes) is 1. The Bertz CT molecular complexity index is 1070. The van der Waals surface area contributed by atoms with Crippen LogP contribution in [0.3, 0.4) is 0 Å². The predicted octanol–water partition coefficient (Wildman–Crippen LogP) is 5.91. The molecule has 1 aliphatic carbocycles. The second-order valence-corrected chi connectivity index (χ2v) is 9.80. The molecule has 1 fully saturated rings. The van der Waals surface area contributed by atoms with Crippen LogP contribution in [-0.4, -0.2) is 55.3 Å². The molecule has 1 aromatic carbocycles. The summed E-state index contributed by atoms with van der Waals surface area (Å²) in [4.78, 5) is 40.9. The average molecular weight is 619 g/mol. The molecule has 43 heavy (non-hydrogen) atoms. The molecule has 0 aromatic heterocycles. The van der Waals surface area contributed by atoms with Crippen molar-refractivity contribution in [2.75, 3.05) is 33.0 Å². The Kier molecular flexibility index (Phi) is 15.9. The van der Waals surface area contributed by atoms with Crippen molar-refractivity contribution in [2.45, 2.75) is 63.6 Å². The Labute approximate surface area is 247 Å². The first kappa shape index (κ1) is 35.3. The summed E-state index contributed by atoms with van der Waals surface area (Å²) in [5, 5.41) is 18.5. The Morgan fingerprint density at radius 1 is 1.00 bits per heavy atom. The van der Waals surface area contributed by atoms with Gasteiger partial charge >= 0.3 is 12.1 Å². The van der Waals surface area contributed by atoms with Crippen LogP contribution in [-0.2, 0) is 30.1 Å². The summed E-state index contributed by atoms with van der Waals surface area (Å²) in [6.07, 6.45) is 9.06. The lowest BCUT2D eigenvalue weighted by molar-refractivity contribution is -0.760. The first-order chi connectivity index (χ1) is 20.5. The van der Waals surface area contributed by atoms with Crippen molar-refractivity contribution in [3.8, 4) is 5.75 Å². The fourth-order valence-electron chi connectivity index (χ4n) is 4.52. The number of rotatable bonds is 21. The van der Waals surface area contributed by atoms with E-state index >= 15 is 0 Å². The third-order valence-electron chi connectivity index (χ3n) is 6.60. The van der Waals surface area contributed by atoms with Crippen LogP contribution >= 0.6 is 0 Å². The average Bonchev–Trinajstić information content (AvgIpc) is 3.40. The van der Waals surface area contributed by atoms with Crippen molar-refractivity contribution < 1.29 is 52.0 Å². The Hall–Kier alpha value is -3.88. The number of alkyl halides is 3. The zero-order valence-corrected chi connectivity index (χ0v) is 23.7. The fraction of sp³-hybridized carbons (Fsp3) is 0.607. The summed E-state index contributed by atoms with van der Waals surface area (Å²) in [6.45, 7) is -1.16. The van der Waals surface area contributed by atoms with E-state index < -0.39 is 40.6 Å². The van der Waals surface area contributed by atoms with Gasteiger partial charge in [0.05, 0.1) is 18.8 Å². The molecule has 3 unspecified atom stereocenters. The van der Waals surface area contributed by atoms with Gasteiger partial charge in [0.1, 0.15) is 31.7 Å². The zero-order chi connectivity index (χ0) is 31.5. The number of hydrogen-bond acceptors (Lipinski definition) is 10. The molecule has 240 valence electrons. The largest absolute Gasteiger partial charge is 0.493 e. The highest BCUT2D eigenvalue weighted by molar-refractivity contribution is 5.69. The summed E-state index contributed by atoms with van der Waals surface area (Å²) >= 11 is 0. The van der Waals surface area contributed by atoms with Crippen molar-refractivity contribution in [1.82, 2.24) is 0 Å². The van der Waals surface area contributed by atoms with Gasteiger partial charge in [0.25, 0.3) is 10.2 Å². The van der Waals surface area contributed by atoms with Gasteiger partial charge in [-0.2, -0.15) is 13.2 Å². The van der Waals surface area contributed by atoms with E-state index in [1.807, 2.05) is 12.2 Å². The molecule has 0 aliphatic heterocycles. The second-order valence-electron chi connectivity index (χ2n) is 9.80. The van der Waals surface area contributed by atoms with Crippen LogP contribution < -0.4 is 4.74 Å². The molecule has 0 saturated heterocycles. The number of esters is 1. The number of halogens is 3. The number of nitrogens with zero attached hydrogens (tertiary/aromatic N) is 2. The predicted molar refractivity (Wildman–Crippen MR) is 146 cm³/mol. The molecule has 3 atom stereocenters. The lowest BCUT2D eigenvalue weighted by Crippen LogP contribution is -2.29. The second kappa shape index (κ2) is 19.3. The van der Waals surface area contributed by atoms with Crippen molar-refractivity contribution in [2.24, 2.45) is 11.8 Å². The molecular formula is C28H37F3N2O10.